The van der Waals surface area contributed by atoms with E-state index in [1.165, 1.54) is 0 Å². The molecule has 0 heterocycles. The highest BCUT2D eigenvalue weighted by Gasteiger charge is 1.77. The van der Waals surface area contributed by atoms with Gasteiger partial charge in [0.15, 0.2) is 1.12 Å². The average molecular weight is 125 g/mol. The van der Waals surface area contributed by atoms with Crippen molar-refractivity contribution in [3.8, 4) is 0 Å². The van der Waals surface area contributed by atoms with Crippen LogP contribution in [-0.4, -0.2) is 22.6 Å². The van der Waals surface area contributed by atoms with Gasteiger partial charge in [0.25, 0.3) is 0 Å². The molecule has 4 nitrogen and oxygen atoms in total. The minimum Gasteiger partial charge on any atom is -0.329 e. The van der Waals surface area contributed by atoms with E-state index in [2.05, 4.69) is 0 Å². The van der Waals surface area contributed by atoms with Crippen LogP contribution < -0.4 is 10.5 Å². The summed E-state index contributed by atoms with van der Waals surface area (Å²) >= 11 is 0. The maximum atomic E-state index is 9.89. The Labute approximate surface area is 44.9 Å². The van der Waals surface area contributed by atoms with E-state index in [0.717, 1.165) is 0 Å². The van der Waals surface area contributed by atoms with E-state index < -0.39 is 10.8 Å². The molecule has 0 aliphatic rings. The molecule has 0 radical (unpaired) electrons. The van der Waals surface area contributed by atoms with E-state index >= 15 is 0 Å². The first-order valence-corrected chi connectivity index (χ1v) is 2.87. The second-order valence-corrected chi connectivity index (χ2v) is 1.68. The third kappa shape index (κ3) is 5.87. The summed E-state index contributed by atoms with van der Waals surface area (Å²) in [4.78, 5) is 0. The van der Waals surface area contributed by atoms with Gasteiger partial charge in [-0.15, -0.1) is 0 Å². The Kier molecular flexibility index (Phi) is 2.89. The minimum atomic E-state index is -3.77. The first kappa shape index (κ1) is 5.02. The Hall–Kier alpha value is -0.130. The smallest absolute Gasteiger partial charge is 0.201 e. The van der Waals surface area contributed by atoms with Gasteiger partial charge in [0, 0.05) is 13.1 Å². The van der Waals surface area contributed by atoms with E-state index in [4.69, 9.17) is 6.86 Å². The van der Waals surface area contributed by atoms with Gasteiger partial charge in [-0.3, -0.25) is 0 Å². The van der Waals surface area contributed by atoms with Crippen LogP contribution in [0.2, 0.25) is 0 Å². The predicted octanol–water partition coefficient (Wildman–Crippen LogP) is -1.94. The highest BCUT2D eigenvalue weighted by atomic mass is 32.2. The summed E-state index contributed by atoms with van der Waals surface area (Å²) in [6.45, 7) is 0.351. The fourth-order valence-corrected chi connectivity index (χ4v) is 0.427. The number of rotatable bonds is 3. The van der Waals surface area contributed by atoms with Crippen molar-refractivity contribution >= 4 is 10.8 Å². The molecule has 0 spiro atoms. The maximum Gasteiger partial charge on any atom is 0.201 e. The van der Waals surface area contributed by atoms with Crippen molar-refractivity contribution in [2.24, 2.45) is 5.73 Å². The molecule has 0 saturated carbocycles. The third-order valence-electron chi connectivity index (χ3n) is 0.364. The molecule has 0 saturated heterocycles. The molecule has 0 aromatic carbocycles. The molecule has 0 amide bonds. The van der Waals surface area contributed by atoms with Crippen LogP contribution >= 0.6 is 0 Å². The van der Waals surface area contributed by atoms with Gasteiger partial charge in [-0.25, -0.2) is 13.1 Å². The molecule has 0 bridgehead atoms. The zero-order chi connectivity index (χ0) is 6.62. The number of hydrogen-bond acceptors (Lipinski definition) is 3. The molecule has 7 heavy (non-hydrogen) atoms. The van der Waals surface area contributed by atoms with Crippen molar-refractivity contribution in [1.29, 1.82) is 1.12 Å². The minimum absolute atomic E-state index is 0.131. The highest BCUT2D eigenvalue weighted by molar-refractivity contribution is 7.70. The summed E-state index contributed by atoms with van der Waals surface area (Å²) in [5.41, 5.74) is 4.93. The first-order valence-electron chi connectivity index (χ1n) is 2.21. The van der Waals surface area contributed by atoms with E-state index in [-0.39, 0.29) is 13.1 Å². The Morgan fingerprint density at radius 3 is 2.57 bits per heavy atom. The maximum absolute atomic E-state index is 9.89. The summed E-state index contributed by atoms with van der Waals surface area (Å²) in [5, 5.41) is 0. The van der Waals surface area contributed by atoms with Crippen molar-refractivity contribution in [2.75, 3.05) is 13.1 Å². The van der Waals surface area contributed by atoms with Gasteiger partial charge in [0.05, 0.1) is 0 Å². The summed E-state index contributed by atoms with van der Waals surface area (Å²) in [6.07, 6.45) is 0. The van der Waals surface area contributed by atoms with Gasteiger partial charge in [-0.05, 0) is 0 Å². The Morgan fingerprint density at radius 2 is 2.43 bits per heavy atom. The monoisotopic (exact) mass is 125 g/mol. The summed E-state index contributed by atoms with van der Waals surface area (Å²) < 4.78 is 27.9. The van der Waals surface area contributed by atoms with Crippen LogP contribution in [-0.2, 0) is 10.8 Å². The fourth-order valence-electron chi connectivity index (χ4n) is 0.142. The second kappa shape index (κ2) is 4.04. The zero-order valence-corrected chi connectivity index (χ0v) is 4.53. The zero-order valence-electron chi connectivity index (χ0n) is 4.72. The predicted molar refractivity (Wildman–Crippen MR) is 27.4 cm³/mol. The van der Waals surface area contributed by atoms with Gasteiger partial charge in [-0.1, -0.05) is 0 Å². The molecule has 0 unspecified atom stereocenters. The van der Waals surface area contributed by atoms with E-state index in [0.29, 0.717) is 0 Å². The lowest BCUT2D eigenvalue weighted by atomic mass is 10.7. The Balaban J connectivity index is 3.42. The lowest BCUT2D eigenvalue weighted by Crippen LogP contribution is -2.20. The quantitative estimate of drug-likeness (QED) is 0.384. The molecule has 5 heteroatoms. The van der Waals surface area contributed by atoms with Crippen LogP contribution in [0, 0.1) is 0 Å². The SMILES string of the molecule is [2H]S(=O)(=O)NCCN. The van der Waals surface area contributed by atoms with Crippen molar-refractivity contribution in [1.82, 2.24) is 4.72 Å². The highest BCUT2D eigenvalue weighted by Crippen LogP contribution is 1.48. The van der Waals surface area contributed by atoms with Crippen LogP contribution in [0.5, 0.6) is 0 Å². The van der Waals surface area contributed by atoms with Crippen LogP contribution in [0.3, 0.4) is 0 Å². The van der Waals surface area contributed by atoms with E-state index in [1.807, 2.05) is 4.72 Å². The molecule has 0 fully saturated rings. The van der Waals surface area contributed by atoms with Crippen LogP contribution in [0.25, 0.3) is 0 Å². The van der Waals surface area contributed by atoms with Crippen LogP contribution in [0.1, 0.15) is 0 Å². The lowest BCUT2D eigenvalue weighted by molar-refractivity contribution is 0.602. The topological polar surface area (TPSA) is 72.2 Å². The Bertz CT molecular complexity index is 142. The van der Waals surface area contributed by atoms with Crippen LogP contribution in [0.15, 0.2) is 0 Å². The number of hydrogen-bond donors (Lipinski definition) is 3. The van der Waals surface area contributed by atoms with Gasteiger partial charge < -0.3 is 5.73 Å². The molecule has 0 aliphatic heterocycles. The van der Waals surface area contributed by atoms with Crippen molar-refractivity contribution in [2.45, 2.75) is 0 Å². The normalized spacial score (nSPS) is 13.6. The molecule has 0 aromatic heterocycles. The molecular formula is C2H8N2O2S. The average Bonchev–Trinajstić information content (AvgIpc) is 1.59. The van der Waals surface area contributed by atoms with Crippen molar-refractivity contribution < 1.29 is 8.42 Å². The lowest BCUT2D eigenvalue weighted by Gasteiger charge is -1.86. The number of thiol groups is 1. The largest absolute Gasteiger partial charge is 0.329 e. The van der Waals surface area contributed by atoms with Gasteiger partial charge in [-0.2, -0.15) is 0 Å². The van der Waals surface area contributed by atoms with Gasteiger partial charge in [0.1, 0.15) is 0 Å². The van der Waals surface area contributed by atoms with Gasteiger partial charge >= 0.3 is 0 Å². The summed E-state index contributed by atoms with van der Waals surface area (Å²) in [6, 6.07) is 0. The third-order valence-corrected chi connectivity index (χ3v) is 0.804. The molecule has 0 atom stereocenters. The van der Waals surface area contributed by atoms with Gasteiger partial charge in [0.2, 0.25) is 10.8 Å². The standard InChI is InChI=1S/C2H8N2O2S/c3-1-2-4-7(5)6/h7H,1-3H2,(H,4,5,6)/i7D. The van der Waals surface area contributed by atoms with E-state index in [1.54, 1.807) is 0 Å². The van der Waals surface area contributed by atoms with Crippen LogP contribution in [0.4, 0.5) is 0 Å². The first-order chi connectivity index (χ1) is 3.56. The number of nitrogens with one attached hydrogen (secondary N) is 1. The van der Waals surface area contributed by atoms with Crippen molar-refractivity contribution in [3.05, 3.63) is 0 Å². The van der Waals surface area contributed by atoms with Crippen molar-refractivity contribution in [3.63, 3.8) is 0 Å². The molecular weight excluding hydrogens is 116 g/mol. The van der Waals surface area contributed by atoms with E-state index in [9.17, 15) is 8.42 Å². The molecule has 0 rings (SSSR count). The second-order valence-electron chi connectivity index (χ2n) is 0.918. The molecule has 3 N–H and O–H groups in total. The Morgan fingerprint density at radius 1 is 1.86 bits per heavy atom. The fraction of sp³-hybridized carbons (Fsp3) is 1.00. The molecule has 44 valence electrons. The molecule has 0 aliphatic carbocycles. The molecule has 0 aromatic rings. The summed E-state index contributed by atoms with van der Waals surface area (Å²) in [7, 11) is -3.77. The summed E-state index contributed by atoms with van der Waals surface area (Å²) in [5.74, 6) is 0. The number of nitrogens with two attached hydrogens (primary N) is 1.